The quantitative estimate of drug-likeness (QED) is 0.895. The highest BCUT2D eigenvalue weighted by Crippen LogP contribution is 2.26. The summed E-state index contributed by atoms with van der Waals surface area (Å²) in [5.41, 5.74) is 8.36. The molecule has 0 aliphatic carbocycles. The lowest BCUT2D eigenvalue weighted by Gasteiger charge is -2.03. The molecule has 2 aromatic rings. The Hall–Kier alpha value is -0.800. The lowest BCUT2D eigenvalue weighted by molar-refractivity contribution is 0.668. The van der Waals surface area contributed by atoms with Gasteiger partial charge in [0.25, 0.3) is 0 Å². The standard InChI is InChI=1S/C14H19BrN2/c1-2-4-11-10-17(8-3-7-16)14-9-12(15)5-6-13(11)14/h5-6,9-10H,2-4,7-8,16H2,1H3. The second-order valence-corrected chi connectivity index (χ2v) is 5.32. The first kappa shape index (κ1) is 12.7. The predicted octanol–water partition coefficient (Wildman–Crippen LogP) is 3.71. The maximum Gasteiger partial charge on any atom is 0.0494 e. The summed E-state index contributed by atoms with van der Waals surface area (Å²) in [5.74, 6) is 0. The van der Waals surface area contributed by atoms with E-state index in [1.54, 1.807) is 0 Å². The van der Waals surface area contributed by atoms with Crippen molar-refractivity contribution in [3.05, 3.63) is 34.4 Å². The summed E-state index contributed by atoms with van der Waals surface area (Å²) in [6.45, 7) is 3.98. The van der Waals surface area contributed by atoms with E-state index >= 15 is 0 Å². The van der Waals surface area contributed by atoms with Crippen molar-refractivity contribution in [3.8, 4) is 0 Å². The molecule has 0 spiro atoms. The first-order valence-electron chi connectivity index (χ1n) is 6.23. The molecule has 0 aliphatic heterocycles. The van der Waals surface area contributed by atoms with E-state index in [2.05, 4.69) is 51.8 Å². The zero-order chi connectivity index (χ0) is 12.3. The minimum atomic E-state index is 0.747. The third kappa shape index (κ3) is 2.72. The summed E-state index contributed by atoms with van der Waals surface area (Å²) in [6.07, 6.45) is 5.65. The summed E-state index contributed by atoms with van der Waals surface area (Å²) in [4.78, 5) is 0. The fourth-order valence-electron chi connectivity index (χ4n) is 2.26. The van der Waals surface area contributed by atoms with Gasteiger partial charge in [-0.15, -0.1) is 0 Å². The van der Waals surface area contributed by atoms with Gasteiger partial charge in [-0.2, -0.15) is 0 Å². The highest BCUT2D eigenvalue weighted by Gasteiger charge is 2.07. The van der Waals surface area contributed by atoms with Gasteiger partial charge in [0, 0.05) is 28.1 Å². The Bertz CT molecular complexity index is 502. The fourth-order valence-corrected chi connectivity index (χ4v) is 2.61. The lowest BCUT2D eigenvalue weighted by Crippen LogP contribution is -2.04. The van der Waals surface area contributed by atoms with Crippen molar-refractivity contribution >= 4 is 26.8 Å². The van der Waals surface area contributed by atoms with Gasteiger partial charge >= 0.3 is 0 Å². The molecule has 2 nitrogen and oxygen atoms in total. The molecule has 0 radical (unpaired) electrons. The van der Waals surface area contributed by atoms with Crippen LogP contribution >= 0.6 is 15.9 Å². The van der Waals surface area contributed by atoms with Crippen molar-refractivity contribution in [1.82, 2.24) is 4.57 Å². The van der Waals surface area contributed by atoms with Gasteiger partial charge < -0.3 is 10.3 Å². The molecule has 17 heavy (non-hydrogen) atoms. The van der Waals surface area contributed by atoms with E-state index in [0.717, 1.165) is 30.4 Å². The molecule has 92 valence electrons. The van der Waals surface area contributed by atoms with Gasteiger partial charge in [0.2, 0.25) is 0 Å². The molecule has 1 aromatic heterocycles. The Kier molecular flexibility index (Phi) is 4.24. The fraction of sp³-hybridized carbons (Fsp3) is 0.429. The van der Waals surface area contributed by atoms with Crippen molar-refractivity contribution in [2.45, 2.75) is 32.7 Å². The number of rotatable bonds is 5. The molecule has 0 saturated carbocycles. The number of nitrogens with two attached hydrogens (primary N) is 1. The molecule has 0 unspecified atom stereocenters. The Morgan fingerprint density at radius 2 is 2.18 bits per heavy atom. The number of halogens is 1. The highest BCUT2D eigenvalue weighted by molar-refractivity contribution is 9.10. The number of hydrogen-bond acceptors (Lipinski definition) is 1. The Labute approximate surface area is 111 Å². The first-order chi connectivity index (χ1) is 8.26. The summed E-state index contributed by atoms with van der Waals surface area (Å²) in [7, 11) is 0. The Morgan fingerprint density at radius 3 is 2.88 bits per heavy atom. The van der Waals surface area contributed by atoms with Crippen LogP contribution in [0.25, 0.3) is 10.9 Å². The number of benzene rings is 1. The monoisotopic (exact) mass is 294 g/mol. The van der Waals surface area contributed by atoms with E-state index in [1.165, 1.54) is 22.9 Å². The third-order valence-electron chi connectivity index (χ3n) is 3.05. The molecule has 0 atom stereocenters. The van der Waals surface area contributed by atoms with Crippen LogP contribution in [-0.4, -0.2) is 11.1 Å². The van der Waals surface area contributed by atoms with Crippen LogP contribution in [0.5, 0.6) is 0 Å². The summed E-state index contributed by atoms with van der Waals surface area (Å²) in [5, 5.41) is 1.38. The Morgan fingerprint density at radius 1 is 1.35 bits per heavy atom. The van der Waals surface area contributed by atoms with Crippen molar-refractivity contribution in [1.29, 1.82) is 0 Å². The SMILES string of the molecule is CCCc1cn(CCCN)c2cc(Br)ccc12. The molecule has 0 fully saturated rings. The summed E-state index contributed by atoms with van der Waals surface area (Å²) in [6, 6.07) is 6.53. The van der Waals surface area contributed by atoms with E-state index in [9.17, 15) is 0 Å². The van der Waals surface area contributed by atoms with E-state index in [0.29, 0.717) is 0 Å². The van der Waals surface area contributed by atoms with Gasteiger partial charge in [-0.05, 0) is 37.1 Å². The molecular formula is C14H19BrN2. The maximum atomic E-state index is 5.59. The van der Waals surface area contributed by atoms with Crippen LogP contribution in [0.3, 0.4) is 0 Å². The summed E-state index contributed by atoms with van der Waals surface area (Å²) >= 11 is 3.54. The van der Waals surface area contributed by atoms with Gasteiger partial charge in [-0.3, -0.25) is 0 Å². The number of fused-ring (bicyclic) bond motifs is 1. The second kappa shape index (κ2) is 5.69. The molecule has 2 N–H and O–H groups in total. The van der Waals surface area contributed by atoms with Crippen LogP contribution in [0.15, 0.2) is 28.9 Å². The van der Waals surface area contributed by atoms with Crippen molar-refractivity contribution in [2.24, 2.45) is 5.73 Å². The molecule has 3 heteroatoms. The summed E-state index contributed by atoms with van der Waals surface area (Å²) < 4.78 is 3.47. The van der Waals surface area contributed by atoms with Gasteiger partial charge in [-0.25, -0.2) is 0 Å². The van der Waals surface area contributed by atoms with Crippen LogP contribution in [-0.2, 0) is 13.0 Å². The maximum absolute atomic E-state index is 5.59. The van der Waals surface area contributed by atoms with E-state index in [4.69, 9.17) is 5.73 Å². The normalized spacial score (nSPS) is 11.2. The van der Waals surface area contributed by atoms with Crippen molar-refractivity contribution in [3.63, 3.8) is 0 Å². The average molecular weight is 295 g/mol. The minimum Gasteiger partial charge on any atom is -0.347 e. The van der Waals surface area contributed by atoms with Gasteiger partial charge in [0.1, 0.15) is 0 Å². The van der Waals surface area contributed by atoms with Gasteiger partial charge in [0.05, 0.1) is 0 Å². The molecule has 2 rings (SSSR count). The van der Waals surface area contributed by atoms with Gasteiger partial charge in [-0.1, -0.05) is 35.3 Å². The zero-order valence-electron chi connectivity index (χ0n) is 10.2. The topological polar surface area (TPSA) is 30.9 Å². The minimum absolute atomic E-state index is 0.747. The number of aromatic nitrogens is 1. The predicted molar refractivity (Wildman–Crippen MR) is 77.3 cm³/mol. The van der Waals surface area contributed by atoms with Crippen molar-refractivity contribution < 1.29 is 0 Å². The number of hydrogen-bond donors (Lipinski definition) is 1. The molecule has 0 saturated heterocycles. The van der Waals surface area contributed by atoms with Crippen LogP contribution in [0.2, 0.25) is 0 Å². The first-order valence-corrected chi connectivity index (χ1v) is 7.03. The van der Waals surface area contributed by atoms with Crippen LogP contribution < -0.4 is 5.73 Å². The second-order valence-electron chi connectivity index (χ2n) is 4.40. The zero-order valence-corrected chi connectivity index (χ0v) is 11.8. The molecule has 1 heterocycles. The molecule has 0 amide bonds. The Balaban J connectivity index is 2.46. The van der Waals surface area contributed by atoms with E-state index < -0.39 is 0 Å². The van der Waals surface area contributed by atoms with E-state index in [1.807, 2.05) is 0 Å². The number of aryl methyl sites for hydroxylation is 2. The van der Waals surface area contributed by atoms with Crippen molar-refractivity contribution in [2.75, 3.05) is 6.54 Å². The molecular weight excluding hydrogens is 276 g/mol. The largest absolute Gasteiger partial charge is 0.347 e. The molecule has 0 aliphatic rings. The molecule has 0 bridgehead atoms. The highest BCUT2D eigenvalue weighted by atomic mass is 79.9. The average Bonchev–Trinajstić information content (AvgIpc) is 2.65. The van der Waals surface area contributed by atoms with Crippen LogP contribution in [0.4, 0.5) is 0 Å². The van der Waals surface area contributed by atoms with Crippen LogP contribution in [0.1, 0.15) is 25.3 Å². The third-order valence-corrected chi connectivity index (χ3v) is 3.54. The van der Waals surface area contributed by atoms with E-state index in [-0.39, 0.29) is 0 Å². The van der Waals surface area contributed by atoms with Gasteiger partial charge in [0.15, 0.2) is 0 Å². The smallest absolute Gasteiger partial charge is 0.0494 e. The molecule has 1 aromatic carbocycles. The van der Waals surface area contributed by atoms with Crippen LogP contribution in [0, 0.1) is 0 Å². The number of nitrogens with zero attached hydrogens (tertiary/aromatic N) is 1. The lowest BCUT2D eigenvalue weighted by atomic mass is 10.1.